The van der Waals surface area contributed by atoms with Crippen LogP contribution < -0.4 is 10.2 Å². The first kappa shape index (κ1) is 20.7. The van der Waals surface area contributed by atoms with Gasteiger partial charge in [-0.2, -0.15) is 5.10 Å². The Balaban J connectivity index is 1.60. The molecule has 0 heterocycles. The van der Waals surface area contributed by atoms with Gasteiger partial charge in [0.05, 0.1) is 11.1 Å². The molecule has 152 valence electrons. The molecule has 0 aliphatic heterocycles. The molecule has 0 spiro atoms. The molecule has 2 N–H and O–H groups in total. The van der Waals surface area contributed by atoms with Crippen LogP contribution in [0.5, 0.6) is 5.75 Å². The molecule has 0 aromatic heterocycles. The average molecular weight is 405 g/mol. The highest BCUT2D eigenvalue weighted by Crippen LogP contribution is 2.19. The molecule has 0 aliphatic rings. The number of aliphatic hydroxyl groups excluding tert-OH is 1. The van der Waals surface area contributed by atoms with Crippen LogP contribution >= 0.6 is 0 Å². The Morgan fingerprint density at radius 3 is 2.43 bits per heavy atom. The number of aliphatic hydroxyl groups is 1. The minimum atomic E-state index is -1.32. The third kappa shape index (κ3) is 5.49. The highest BCUT2D eigenvalue weighted by molar-refractivity contribution is 5.86. The van der Waals surface area contributed by atoms with E-state index in [2.05, 4.69) is 10.5 Å². The van der Waals surface area contributed by atoms with Crippen molar-refractivity contribution in [1.29, 1.82) is 0 Å². The number of nitrogens with one attached hydrogen (secondary N) is 1. The van der Waals surface area contributed by atoms with Crippen LogP contribution in [0.2, 0.25) is 0 Å². The number of non-ortho nitro benzene ring substituents is 1. The second-order valence-corrected chi connectivity index (χ2v) is 6.30. The summed E-state index contributed by atoms with van der Waals surface area (Å²) in [5.41, 5.74) is 4.18. The third-order valence-corrected chi connectivity index (χ3v) is 4.20. The maximum Gasteiger partial charge on any atom is 0.273 e. The summed E-state index contributed by atoms with van der Waals surface area (Å²) in [6.07, 6.45) is 0.0952. The zero-order valence-corrected chi connectivity index (χ0v) is 15.8. The number of ether oxygens (including phenoxy) is 1. The van der Waals surface area contributed by atoms with Crippen LogP contribution in [0.4, 0.5) is 5.69 Å². The molecular weight excluding hydrogens is 386 g/mol. The van der Waals surface area contributed by atoms with E-state index in [1.807, 2.05) is 0 Å². The van der Waals surface area contributed by atoms with Gasteiger partial charge in [0.25, 0.3) is 11.6 Å². The van der Waals surface area contributed by atoms with Crippen molar-refractivity contribution in [3.63, 3.8) is 0 Å². The van der Waals surface area contributed by atoms with Crippen molar-refractivity contribution in [3.05, 3.63) is 106 Å². The van der Waals surface area contributed by atoms with Gasteiger partial charge in [0.2, 0.25) is 0 Å². The van der Waals surface area contributed by atoms with Gasteiger partial charge >= 0.3 is 0 Å². The predicted octanol–water partition coefficient (Wildman–Crippen LogP) is 3.36. The first-order valence-corrected chi connectivity index (χ1v) is 9.05. The second-order valence-electron chi connectivity index (χ2n) is 6.30. The highest BCUT2D eigenvalue weighted by atomic mass is 16.6. The minimum absolute atomic E-state index is 0.0136. The lowest BCUT2D eigenvalue weighted by atomic mass is 10.1. The fourth-order valence-electron chi connectivity index (χ4n) is 2.61. The molecule has 3 rings (SSSR count). The number of carbonyl (C=O) groups is 1. The zero-order valence-electron chi connectivity index (χ0n) is 15.8. The van der Waals surface area contributed by atoms with Crippen molar-refractivity contribution in [3.8, 4) is 5.75 Å². The van der Waals surface area contributed by atoms with Gasteiger partial charge in [-0.05, 0) is 35.4 Å². The Labute approximate surface area is 172 Å². The van der Waals surface area contributed by atoms with Gasteiger partial charge in [0, 0.05) is 17.7 Å². The first-order chi connectivity index (χ1) is 14.5. The second kappa shape index (κ2) is 9.94. The fraction of sp³-hybridized carbons (Fsp3) is 0.0909. The molecule has 0 saturated heterocycles. The van der Waals surface area contributed by atoms with Crippen molar-refractivity contribution >= 4 is 17.8 Å². The Hall–Kier alpha value is -4.04. The van der Waals surface area contributed by atoms with Gasteiger partial charge in [-0.3, -0.25) is 14.9 Å². The van der Waals surface area contributed by atoms with E-state index >= 15 is 0 Å². The Kier molecular flexibility index (Phi) is 6.86. The Morgan fingerprint density at radius 1 is 1.07 bits per heavy atom. The van der Waals surface area contributed by atoms with E-state index in [-0.39, 0.29) is 12.3 Å². The lowest BCUT2D eigenvalue weighted by Gasteiger charge is -2.10. The van der Waals surface area contributed by atoms with Gasteiger partial charge < -0.3 is 9.84 Å². The molecule has 3 aromatic carbocycles. The van der Waals surface area contributed by atoms with E-state index < -0.39 is 16.9 Å². The molecule has 0 bridgehead atoms. The van der Waals surface area contributed by atoms with Gasteiger partial charge in [-0.1, -0.05) is 42.5 Å². The van der Waals surface area contributed by atoms with E-state index in [1.54, 1.807) is 66.7 Å². The molecule has 0 fully saturated rings. The number of benzene rings is 3. The van der Waals surface area contributed by atoms with Gasteiger partial charge in [0.1, 0.15) is 12.4 Å². The van der Waals surface area contributed by atoms with Crippen LogP contribution in [0.25, 0.3) is 0 Å². The lowest BCUT2D eigenvalue weighted by molar-refractivity contribution is -0.384. The topological polar surface area (TPSA) is 114 Å². The number of hydrogen-bond acceptors (Lipinski definition) is 6. The number of nitro benzene ring substituents is 1. The van der Waals surface area contributed by atoms with Crippen molar-refractivity contribution < 1.29 is 19.6 Å². The summed E-state index contributed by atoms with van der Waals surface area (Å²) in [5, 5.41) is 24.7. The maximum atomic E-state index is 12.1. The molecule has 0 radical (unpaired) electrons. The maximum absolute atomic E-state index is 12.1. The van der Waals surface area contributed by atoms with E-state index in [4.69, 9.17) is 4.74 Å². The molecule has 0 saturated carbocycles. The molecule has 8 nitrogen and oxygen atoms in total. The number of hydrogen-bond donors (Lipinski definition) is 2. The summed E-state index contributed by atoms with van der Waals surface area (Å²) in [6.45, 7) is 0.210. The zero-order chi connectivity index (χ0) is 21.3. The van der Waals surface area contributed by atoms with Gasteiger partial charge in [0.15, 0.2) is 6.10 Å². The van der Waals surface area contributed by atoms with Crippen LogP contribution in [0.1, 0.15) is 22.8 Å². The monoisotopic (exact) mass is 405 g/mol. The van der Waals surface area contributed by atoms with Crippen molar-refractivity contribution in [2.75, 3.05) is 0 Å². The molecular formula is C22H19N3O5. The van der Waals surface area contributed by atoms with Crippen molar-refractivity contribution in [2.24, 2.45) is 5.10 Å². The molecule has 3 aromatic rings. The number of amides is 1. The standard InChI is InChI=1S/C22H19N3O5/c26-21(17-6-2-1-3-7-17)22(27)24-23-14-18-8-4-5-9-20(18)30-15-16-10-12-19(13-11-16)25(28)29/h1-14,21,26H,15H2,(H,24,27)/b23-14-/t21-/m1/s1. The van der Waals surface area contributed by atoms with Gasteiger partial charge in [-0.25, -0.2) is 5.43 Å². The largest absolute Gasteiger partial charge is 0.488 e. The van der Waals surface area contributed by atoms with E-state index in [0.29, 0.717) is 16.9 Å². The number of hydrazone groups is 1. The molecule has 8 heteroatoms. The smallest absolute Gasteiger partial charge is 0.273 e. The van der Waals surface area contributed by atoms with Crippen LogP contribution in [0.3, 0.4) is 0 Å². The summed E-state index contributed by atoms with van der Waals surface area (Å²) in [5.74, 6) is -0.126. The quantitative estimate of drug-likeness (QED) is 0.339. The molecule has 1 atom stereocenters. The van der Waals surface area contributed by atoms with Crippen molar-refractivity contribution in [2.45, 2.75) is 12.7 Å². The summed E-state index contributed by atoms with van der Waals surface area (Å²) in [4.78, 5) is 22.3. The molecule has 0 unspecified atom stereocenters. The SMILES string of the molecule is O=C(N/N=C\c1ccccc1OCc1ccc([N+](=O)[O-])cc1)[C@H](O)c1ccccc1. The third-order valence-electron chi connectivity index (χ3n) is 4.20. The number of carbonyl (C=O) groups excluding carboxylic acids is 1. The van der Waals surface area contributed by atoms with E-state index in [1.165, 1.54) is 18.3 Å². The average Bonchev–Trinajstić information content (AvgIpc) is 2.78. The van der Waals surface area contributed by atoms with Crippen molar-refractivity contribution in [1.82, 2.24) is 5.43 Å². The number of nitro groups is 1. The lowest BCUT2D eigenvalue weighted by Crippen LogP contribution is -2.25. The fourth-order valence-corrected chi connectivity index (χ4v) is 2.61. The summed E-state index contributed by atoms with van der Waals surface area (Å²) in [7, 11) is 0. The predicted molar refractivity (Wildman–Crippen MR) is 111 cm³/mol. The summed E-state index contributed by atoms with van der Waals surface area (Å²) in [6, 6.07) is 21.7. The van der Waals surface area contributed by atoms with E-state index in [0.717, 1.165) is 5.56 Å². The van der Waals surface area contributed by atoms with Crippen LogP contribution in [-0.2, 0) is 11.4 Å². The Bertz CT molecular complexity index is 1040. The first-order valence-electron chi connectivity index (χ1n) is 9.05. The summed E-state index contributed by atoms with van der Waals surface area (Å²) >= 11 is 0. The van der Waals surface area contributed by atoms with Crippen LogP contribution in [0.15, 0.2) is 84.0 Å². The minimum Gasteiger partial charge on any atom is -0.488 e. The number of rotatable bonds is 8. The highest BCUT2D eigenvalue weighted by Gasteiger charge is 2.16. The molecule has 0 aliphatic carbocycles. The van der Waals surface area contributed by atoms with E-state index in [9.17, 15) is 20.0 Å². The normalized spacial score (nSPS) is 11.8. The van der Waals surface area contributed by atoms with Gasteiger partial charge in [-0.15, -0.1) is 0 Å². The summed E-state index contributed by atoms with van der Waals surface area (Å²) < 4.78 is 5.77. The van der Waals surface area contributed by atoms with Crippen LogP contribution in [-0.4, -0.2) is 22.2 Å². The molecule has 30 heavy (non-hydrogen) atoms. The Morgan fingerprint density at radius 2 is 1.73 bits per heavy atom. The number of nitrogens with zero attached hydrogens (tertiary/aromatic N) is 2. The number of para-hydroxylation sites is 1. The molecule has 1 amide bonds. The van der Waals surface area contributed by atoms with Crippen LogP contribution in [0, 0.1) is 10.1 Å².